The summed E-state index contributed by atoms with van der Waals surface area (Å²) in [6.45, 7) is 0. The standard InChI is InChI=1S/C17H17ClN2O/c18-13-6-4-12(5-7-13)16(17(21)20-14-8-9-14)11-15-3-1-2-10-19-15/h1-7,10,14,16H,8-9,11H2,(H,20,21). The van der Waals surface area contributed by atoms with E-state index in [1.807, 2.05) is 42.5 Å². The molecule has 3 nitrogen and oxygen atoms in total. The fourth-order valence-corrected chi connectivity index (χ4v) is 2.44. The Morgan fingerprint density at radius 2 is 2.00 bits per heavy atom. The molecule has 1 N–H and O–H groups in total. The largest absolute Gasteiger partial charge is 0.353 e. The quantitative estimate of drug-likeness (QED) is 0.920. The molecule has 2 aromatic rings. The Balaban J connectivity index is 1.82. The summed E-state index contributed by atoms with van der Waals surface area (Å²) in [6.07, 6.45) is 4.53. The number of pyridine rings is 1. The SMILES string of the molecule is O=C(NC1CC1)C(Cc1ccccn1)c1ccc(Cl)cc1. The van der Waals surface area contributed by atoms with Crippen LogP contribution in [0.4, 0.5) is 0 Å². The molecule has 1 aliphatic rings. The lowest BCUT2D eigenvalue weighted by Crippen LogP contribution is -2.32. The zero-order valence-electron chi connectivity index (χ0n) is 11.6. The number of nitrogens with zero attached hydrogens (tertiary/aromatic N) is 1. The van der Waals surface area contributed by atoms with Crippen molar-refractivity contribution in [1.82, 2.24) is 10.3 Å². The predicted octanol–water partition coefficient (Wildman–Crippen LogP) is 3.34. The Labute approximate surface area is 129 Å². The summed E-state index contributed by atoms with van der Waals surface area (Å²) < 4.78 is 0. The maximum atomic E-state index is 12.5. The summed E-state index contributed by atoms with van der Waals surface area (Å²) in [5.41, 5.74) is 1.90. The molecule has 0 saturated heterocycles. The van der Waals surface area contributed by atoms with Gasteiger partial charge in [0.15, 0.2) is 0 Å². The van der Waals surface area contributed by atoms with Gasteiger partial charge in [0.2, 0.25) is 5.91 Å². The summed E-state index contributed by atoms with van der Waals surface area (Å²) in [6, 6.07) is 13.6. The molecular weight excluding hydrogens is 284 g/mol. The molecule has 1 atom stereocenters. The van der Waals surface area contributed by atoms with Crippen LogP contribution in [0, 0.1) is 0 Å². The molecule has 0 radical (unpaired) electrons. The number of hydrogen-bond acceptors (Lipinski definition) is 2. The second-order valence-electron chi connectivity index (χ2n) is 5.41. The first-order valence-electron chi connectivity index (χ1n) is 7.18. The van der Waals surface area contributed by atoms with Gasteiger partial charge in [0, 0.05) is 29.4 Å². The lowest BCUT2D eigenvalue weighted by molar-refractivity contribution is -0.122. The molecule has 0 aliphatic heterocycles. The Kier molecular flexibility index (Phi) is 4.20. The van der Waals surface area contributed by atoms with E-state index in [0.29, 0.717) is 17.5 Å². The number of aromatic nitrogens is 1. The van der Waals surface area contributed by atoms with Gasteiger partial charge in [-0.25, -0.2) is 0 Å². The number of benzene rings is 1. The second-order valence-corrected chi connectivity index (χ2v) is 5.85. The molecule has 4 heteroatoms. The maximum Gasteiger partial charge on any atom is 0.228 e. The Hall–Kier alpha value is -1.87. The van der Waals surface area contributed by atoms with Crippen LogP contribution in [0.15, 0.2) is 48.7 Å². The minimum atomic E-state index is -0.224. The molecule has 0 spiro atoms. The molecule has 21 heavy (non-hydrogen) atoms. The first-order chi connectivity index (χ1) is 10.2. The van der Waals surface area contributed by atoms with Gasteiger partial charge in [0.05, 0.1) is 5.92 Å². The van der Waals surface area contributed by atoms with Gasteiger partial charge in [0.1, 0.15) is 0 Å². The van der Waals surface area contributed by atoms with E-state index >= 15 is 0 Å². The number of carbonyl (C=O) groups is 1. The zero-order chi connectivity index (χ0) is 14.7. The predicted molar refractivity (Wildman–Crippen MR) is 83.3 cm³/mol. The molecule has 1 heterocycles. The number of amides is 1. The highest BCUT2D eigenvalue weighted by Crippen LogP contribution is 2.25. The van der Waals surface area contributed by atoms with E-state index in [-0.39, 0.29) is 11.8 Å². The summed E-state index contributed by atoms with van der Waals surface area (Å²) in [7, 11) is 0. The van der Waals surface area contributed by atoms with E-state index in [2.05, 4.69) is 10.3 Å². The van der Waals surface area contributed by atoms with Gasteiger partial charge in [-0.3, -0.25) is 9.78 Å². The second kappa shape index (κ2) is 6.27. The number of nitrogens with one attached hydrogen (secondary N) is 1. The van der Waals surface area contributed by atoms with Crippen LogP contribution in [-0.4, -0.2) is 16.9 Å². The van der Waals surface area contributed by atoms with E-state index in [4.69, 9.17) is 11.6 Å². The molecule has 1 aromatic carbocycles. The van der Waals surface area contributed by atoms with E-state index < -0.39 is 0 Å². The molecule has 1 aliphatic carbocycles. The molecule has 1 amide bonds. The minimum absolute atomic E-state index is 0.0745. The van der Waals surface area contributed by atoms with Crippen LogP contribution >= 0.6 is 11.6 Å². The van der Waals surface area contributed by atoms with Crippen molar-refractivity contribution < 1.29 is 4.79 Å². The van der Waals surface area contributed by atoms with E-state index in [1.54, 1.807) is 6.20 Å². The molecule has 3 rings (SSSR count). The smallest absolute Gasteiger partial charge is 0.228 e. The van der Waals surface area contributed by atoms with Gasteiger partial charge in [-0.15, -0.1) is 0 Å². The maximum absolute atomic E-state index is 12.5. The third-order valence-corrected chi connectivity index (χ3v) is 3.90. The van der Waals surface area contributed by atoms with Crippen molar-refractivity contribution in [3.8, 4) is 0 Å². The van der Waals surface area contributed by atoms with Crippen molar-refractivity contribution in [3.63, 3.8) is 0 Å². The van der Waals surface area contributed by atoms with Crippen molar-refractivity contribution in [1.29, 1.82) is 0 Å². The number of hydrogen-bond donors (Lipinski definition) is 1. The molecular formula is C17H17ClN2O. The first kappa shape index (κ1) is 14.1. The van der Waals surface area contributed by atoms with Gasteiger partial charge >= 0.3 is 0 Å². The van der Waals surface area contributed by atoms with Crippen molar-refractivity contribution in [3.05, 3.63) is 64.9 Å². The Morgan fingerprint density at radius 3 is 2.62 bits per heavy atom. The average molecular weight is 301 g/mol. The highest BCUT2D eigenvalue weighted by Gasteiger charge is 2.28. The van der Waals surface area contributed by atoms with Gasteiger partial charge in [-0.2, -0.15) is 0 Å². The van der Waals surface area contributed by atoms with Crippen molar-refractivity contribution in [2.45, 2.75) is 31.2 Å². The number of carbonyl (C=O) groups excluding carboxylic acids is 1. The van der Waals surface area contributed by atoms with Crippen LogP contribution in [0.3, 0.4) is 0 Å². The molecule has 108 valence electrons. The van der Waals surface area contributed by atoms with Crippen LogP contribution in [-0.2, 0) is 11.2 Å². The molecule has 1 unspecified atom stereocenters. The Morgan fingerprint density at radius 1 is 1.24 bits per heavy atom. The highest BCUT2D eigenvalue weighted by molar-refractivity contribution is 6.30. The Bertz CT molecular complexity index is 608. The van der Waals surface area contributed by atoms with Crippen molar-refractivity contribution >= 4 is 17.5 Å². The van der Waals surface area contributed by atoms with E-state index in [9.17, 15) is 4.79 Å². The minimum Gasteiger partial charge on any atom is -0.353 e. The van der Waals surface area contributed by atoms with Crippen LogP contribution < -0.4 is 5.32 Å². The fraction of sp³-hybridized carbons (Fsp3) is 0.294. The fourth-order valence-electron chi connectivity index (χ4n) is 2.31. The average Bonchev–Trinajstić information content (AvgIpc) is 3.31. The third-order valence-electron chi connectivity index (χ3n) is 3.65. The molecule has 1 aromatic heterocycles. The zero-order valence-corrected chi connectivity index (χ0v) is 12.4. The highest BCUT2D eigenvalue weighted by atomic mass is 35.5. The van der Waals surface area contributed by atoms with Gasteiger partial charge < -0.3 is 5.32 Å². The summed E-state index contributed by atoms with van der Waals surface area (Å²) in [5.74, 6) is -0.150. The van der Waals surface area contributed by atoms with Gasteiger partial charge in [-0.05, 0) is 42.7 Å². The van der Waals surface area contributed by atoms with Crippen LogP contribution in [0.5, 0.6) is 0 Å². The summed E-state index contributed by atoms with van der Waals surface area (Å²) in [4.78, 5) is 16.8. The van der Waals surface area contributed by atoms with Gasteiger partial charge in [-0.1, -0.05) is 29.8 Å². The topological polar surface area (TPSA) is 42.0 Å². The number of rotatable bonds is 5. The first-order valence-corrected chi connectivity index (χ1v) is 7.56. The normalized spacial score (nSPS) is 15.5. The van der Waals surface area contributed by atoms with Crippen LogP contribution in [0.1, 0.15) is 30.0 Å². The van der Waals surface area contributed by atoms with Gasteiger partial charge in [0.25, 0.3) is 0 Å². The third kappa shape index (κ3) is 3.82. The number of halogens is 1. The lowest BCUT2D eigenvalue weighted by Gasteiger charge is -2.17. The van der Waals surface area contributed by atoms with Crippen LogP contribution in [0.25, 0.3) is 0 Å². The monoisotopic (exact) mass is 300 g/mol. The van der Waals surface area contributed by atoms with E-state index in [0.717, 1.165) is 24.1 Å². The molecule has 1 saturated carbocycles. The van der Waals surface area contributed by atoms with Crippen molar-refractivity contribution in [2.24, 2.45) is 0 Å². The summed E-state index contributed by atoms with van der Waals surface area (Å²) in [5, 5.41) is 3.77. The lowest BCUT2D eigenvalue weighted by atomic mass is 9.93. The van der Waals surface area contributed by atoms with E-state index in [1.165, 1.54) is 0 Å². The molecule has 1 fully saturated rings. The van der Waals surface area contributed by atoms with Crippen molar-refractivity contribution in [2.75, 3.05) is 0 Å². The molecule has 0 bridgehead atoms. The summed E-state index contributed by atoms with van der Waals surface area (Å²) >= 11 is 5.94. The van der Waals surface area contributed by atoms with Crippen LogP contribution in [0.2, 0.25) is 5.02 Å².